The zero-order valence-corrected chi connectivity index (χ0v) is 15.1. The van der Waals surface area contributed by atoms with Crippen LogP contribution < -0.4 is 10.6 Å². The number of aryl methyl sites for hydroxylation is 1. The molecule has 144 valence electrons. The second-order valence-electron chi connectivity index (χ2n) is 5.82. The molecule has 2 aromatic heterocycles. The molecule has 28 heavy (non-hydrogen) atoms. The van der Waals surface area contributed by atoms with Gasteiger partial charge in [-0.3, -0.25) is 9.36 Å². The first kappa shape index (κ1) is 19.2. The highest BCUT2D eigenvalue weighted by atomic mass is 19.1. The maximum absolute atomic E-state index is 13.5. The fourth-order valence-electron chi connectivity index (χ4n) is 2.44. The van der Waals surface area contributed by atoms with E-state index < -0.39 is 17.5 Å². The standard InChI is InChI=1S/C19H18F2N6O/c1-13-22-8-9-27(13)18-11-17(25-12-26-18)23-6-7-24-19(28)5-2-14-10-15(20)3-4-16(14)21/h2-5,8-12H,6-7H2,1H3,(H,24,28)(H,23,25,26)/b5-2+. The van der Waals surface area contributed by atoms with Crippen molar-refractivity contribution in [3.05, 3.63) is 72.1 Å². The third-order valence-corrected chi connectivity index (χ3v) is 3.83. The van der Waals surface area contributed by atoms with Crippen LogP contribution in [0.25, 0.3) is 11.9 Å². The molecule has 0 fully saturated rings. The van der Waals surface area contributed by atoms with E-state index in [1.807, 2.05) is 11.5 Å². The highest BCUT2D eigenvalue weighted by molar-refractivity contribution is 5.91. The SMILES string of the molecule is Cc1nccn1-c1cc(NCCNC(=O)/C=C/c2cc(F)ccc2F)ncn1. The lowest BCUT2D eigenvalue weighted by Crippen LogP contribution is -2.27. The average molecular weight is 384 g/mol. The normalized spacial score (nSPS) is 11.0. The maximum Gasteiger partial charge on any atom is 0.244 e. The number of aromatic nitrogens is 4. The first-order valence-corrected chi connectivity index (χ1v) is 8.50. The number of hydrogen-bond acceptors (Lipinski definition) is 5. The van der Waals surface area contributed by atoms with Gasteiger partial charge in [-0.05, 0) is 31.2 Å². The molecule has 7 nitrogen and oxygen atoms in total. The summed E-state index contributed by atoms with van der Waals surface area (Å²) < 4.78 is 28.4. The molecule has 0 saturated heterocycles. The van der Waals surface area contributed by atoms with Crippen LogP contribution in [0.15, 0.2) is 49.1 Å². The molecule has 3 aromatic rings. The number of amides is 1. The van der Waals surface area contributed by atoms with Gasteiger partial charge >= 0.3 is 0 Å². The number of anilines is 1. The van der Waals surface area contributed by atoms with Gasteiger partial charge in [0.1, 0.15) is 35.4 Å². The van der Waals surface area contributed by atoms with Crippen molar-refractivity contribution in [1.82, 2.24) is 24.8 Å². The Morgan fingerprint density at radius 2 is 2.04 bits per heavy atom. The Labute approximate surface area is 160 Å². The van der Waals surface area contributed by atoms with Crippen LogP contribution in [0.1, 0.15) is 11.4 Å². The van der Waals surface area contributed by atoms with Gasteiger partial charge in [0.15, 0.2) is 0 Å². The van der Waals surface area contributed by atoms with Gasteiger partial charge in [-0.1, -0.05) is 0 Å². The minimum atomic E-state index is -0.597. The molecule has 0 unspecified atom stereocenters. The van der Waals surface area contributed by atoms with Crippen molar-refractivity contribution in [2.75, 3.05) is 18.4 Å². The molecule has 1 amide bonds. The first-order valence-electron chi connectivity index (χ1n) is 8.50. The summed E-state index contributed by atoms with van der Waals surface area (Å²) in [6, 6.07) is 4.82. The molecule has 0 aliphatic heterocycles. The molecule has 0 atom stereocenters. The number of carbonyl (C=O) groups excluding carboxylic acids is 1. The number of rotatable bonds is 7. The highest BCUT2D eigenvalue weighted by Gasteiger charge is 2.04. The predicted octanol–water partition coefficient (Wildman–Crippen LogP) is 2.49. The second-order valence-corrected chi connectivity index (χ2v) is 5.82. The van der Waals surface area contributed by atoms with E-state index in [9.17, 15) is 13.6 Å². The summed E-state index contributed by atoms with van der Waals surface area (Å²) in [5, 5.41) is 5.72. The molecule has 0 spiro atoms. The van der Waals surface area contributed by atoms with E-state index in [2.05, 4.69) is 25.6 Å². The van der Waals surface area contributed by atoms with E-state index >= 15 is 0 Å². The molecular formula is C19H18F2N6O. The van der Waals surface area contributed by atoms with Gasteiger partial charge in [-0.2, -0.15) is 0 Å². The summed E-state index contributed by atoms with van der Waals surface area (Å²) in [6.07, 6.45) is 7.30. The van der Waals surface area contributed by atoms with Crippen LogP contribution in [0.5, 0.6) is 0 Å². The van der Waals surface area contributed by atoms with E-state index in [-0.39, 0.29) is 5.56 Å². The van der Waals surface area contributed by atoms with Gasteiger partial charge in [0.05, 0.1) is 0 Å². The zero-order valence-electron chi connectivity index (χ0n) is 15.1. The molecule has 2 heterocycles. The molecule has 0 bridgehead atoms. The number of nitrogens with zero attached hydrogens (tertiary/aromatic N) is 4. The van der Waals surface area contributed by atoms with E-state index in [1.54, 1.807) is 18.5 Å². The third-order valence-electron chi connectivity index (χ3n) is 3.83. The maximum atomic E-state index is 13.5. The fraction of sp³-hybridized carbons (Fsp3) is 0.158. The lowest BCUT2D eigenvalue weighted by Gasteiger charge is -2.08. The van der Waals surface area contributed by atoms with Crippen molar-refractivity contribution < 1.29 is 13.6 Å². The van der Waals surface area contributed by atoms with Crippen LogP contribution in [0.3, 0.4) is 0 Å². The number of imidazole rings is 1. The summed E-state index contributed by atoms with van der Waals surface area (Å²) >= 11 is 0. The Morgan fingerprint density at radius 1 is 1.18 bits per heavy atom. The van der Waals surface area contributed by atoms with Crippen LogP contribution >= 0.6 is 0 Å². The molecule has 0 aliphatic rings. The molecule has 0 radical (unpaired) electrons. The smallest absolute Gasteiger partial charge is 0.244 e. The van der Waals surface area contributed by atoms with Gasteiger partial charge in [0.25, 0.3) is 0 Å². The minimum absolute atomic E-state index is 0.0107. The molecular weight excluding hydrogens is 366 g/mol. The van der Waals surface area contributed by atoms with Crippen molar-refractivity contribution >= 4 is 17.8 Å². The number of halogens is 2. The van der Waals surface area contributed by atoms with Crippen molar-refractivity contribution in [2.24, 2.45) is 0 Å². The predicted molar refractivity (Wildman–Crippen MR) is 101 cm³/mol. The Balaban J connectivity index is 1.48. The molecule has 2 N–H and O–H groups in total. The average Bonchev–Trinajstić information content (AvgIpc) is 3.12. The van der Waals surface area contributed by atoms with Gasteiger partial charge < -0.3 is 10.6 Å². The Bertz CT molecular complexity index is 1000. The third kappa shape index (κ3) is 4.97. The fourth-order valence-corrected chi connectivity index (χ4v) is 2.44. The van der Waals surface area contributed by atoms with Crippen molar-refractivity contribution in [1.29, 1.82) is 0 Å². The van der Waals surface area contributed by atoms with Gasteiger partial charge in [0.2, 0.25) is 5.91 Å². The molecule has 0 saturated carbocycles. The number of nitrogens with one attached hydrogen (secondary N) is 2. The van der Waals surface area contributed by atoms with E-state index in [1.165, 1.54) is 12.4 Å². The highest BCUT2D eigenvalue weighted by Crippen LogP contribution is 2.11. The summed E-state index contributed by atoms with van der Waals surface area (Å²) in [6.45, 7) is 2.61. The minimum Gasteiger partial charge on any atom is -0.368 e. The van der Waals surface area contributed by atoms with Crippen LogP contribution in [0.4, 0.5) is 14.6 Å². The molecule has 3 rings (SSSR count). The van der Waals surface area contributed by atoms with Crippen molar-refractivity contribution in [3.63, 3.8) is 0 Å². The molecule has 9 heteroatoms. The van der Waals surface area contributed by atoms with Gasteiger partial charge in [-0.25, -0.2) is 23.7 Å². The summed E-state index contributed by atoms with van der Waals surface area (Å²) in [5.74, 6) is 0.503. The van der Waals surface area contributed by atoms with Crippen LogP contribution in [0.2, 0.25) is 0 Å². The van der Waals surface area contributed by atoms with Crippen LogP contribution in [0, 0.1) is 18.6 Å². The summed E-state index contributed by atoms with van der Waals surface area (Å²) in [7, 11) is 0. The summed E-state index contributed by atoms with van der Waals surface area (Å²) in [5.41, 5.74) is 0.0107. The first-order chi connectivity index (χ1) is 13.5. The lowest BCUT2D eigenvalue weighted by atomic mass is 10.2. The zero-order chi connectivity index (χ0) is 19.9. The monoisotopic (exact) mass is 384 g/mol. The van der Waals surface area contributed by atoms with Crippen molar-refractivity contribution in [2.45, 2.75) is 6.92 Å². The van der Waals surface area contributed by atoms with Crippen LogP contribution in [-0.4, -0.2) is 38.5 Å². The second kappa shape index (κ2) is 8.85. The van der Waals surface area contributed by atoms with Crippen LogP contribution in [-0.2, 0) is 4.79 Å². The van der Waals surface area contributed by atoms with Crippen molar-refractivity contribution in [3.8, 4) is 5.82 Å². The largest absolute Gasteiger partial charge is 0.368 e. The lowest BCUT2D eigenvalue weighted by molar-refractivity contribution is -0.116. The number of hydrogen-bond donors (Lipinski definition) is 2. The van der Waals surface area contributed by atoms with E-state index in [0.717, 1.165) is 30.1 Å². The molecule has 1 aromatic carbocycles. The summed E-state index contributed by atoms with van der Waals surface area (Å²) in [4.78, 5) is 24.3. The Morgan fingerprint density at radius 3 is 2.82 bits per heavy atom. The van der Waals surface area contributed by atoms with E-state index in [4.69, 9.17) is 0 Å². The number of benzene rings is 1. The quantitative estimate of drug-likeness (QED) is 0.483. The Hall–Kier alpha value is -3.62. The number of carbonyl (C=O) groups is 1. The van der Waals surface area contributed by atoms with E-state index in [0.29, 0.717) is 24.7 Å². The Kier molecular flexibility index (Phi) is 6.05. The van der Waals surface area contributed by atoms with Gasteiger partial charge in [0, 0.05) is 43.2 Å². The van der Waals surface area contributed by atoms with Gasteiger partial charge in [-0.15, -0.1) is 0 Å². The molecule has 0 aliphatic carbocycles. The topological polar surface area (TPSA) is 84.7 Å².